The van der Waals surface area contributed by atoms with Gasteiger partial charge in [-0.05, 0) is 49.8 Å². The van der Waals surface area contributed by atoms with Gasteiger partial charge in [-0.25, -0.2) is 0 Å². The molecule has 0 saturated carbocycles. The first-order valence-electron chi connectivity index (χ1n) is 6.54. The number of rotatable bonds is 2. The fourth-order valence-electron chi connectivity index (χ4n) is 2.89. The minimum atomic E-state index is 0.605. The molecule has 1 fully saturated rings. The number of hydrogen-bond acceptors (Lipinski definition) is 1. The Morgan fingerprint density at radius 2 is 2.12 bits per heavy atom. The van der Waals surface area contributed by atoms with Crippen molar-refractivity contribution in [3.8, 4) is 0 Å². The van der Waals surface area contributed by atoms with Gasteiger partial charge in [0.1, 0.15) is 0 Å². The molecule has 0 N–H and O–H groups in total. The zero-order valence-electron chi connectivity index (χ0n) is 11.0. The summed E-state index contributed by atoms with van der Waals surface area (Å²) in [4.78, 5) is 2.55. The molecule has 2 rings (SSSR count). The first-order valence-corrected chi connectivity index (χ1v) is 7.07. The molecule has 2 atom stereocenters. The van der Waals surface area contributed by atoms with Crippen molar-refractivity contribution in [1.82, 2.24) is 0 Å². The molecule has 17 heavy (non-hydrogen) atoms. The summed E-state index contributed by atoms with van der Waals surface area (Å²) >= 11 is 5.87. The largest absolute Gasteiger partial charge is 0.369 e. The van der Waals surface area contributed by atoms with Gasteiger partial charge in [0, 0.05) is 24.2 Å². The van der Waals surface area contributed by atoms with Crippen LogP contribution in [0.2, 0.25) is 0 Å². The molecule has 1 saturated heterocycles. The smallest absolute Gasteiger partial charge is 0.0474 e. The van der Waals surface area contributed by atoms with E-state index in [9.17, 15) is 0 Å². The summed E-state index contributed by atoms with van der Waals surface area (Å²) in [6.07, 6.45) is 2.61. The highest BCUT2D eigenvalue weighted by atomic mass is 35.5. The summed E-state index contributed by atoms with van der Waals surface area (Å²) < 4.78 is 0. The molecule has 94 valence electrons. The van der Waals surface area contributed by atoms with Crippen molar-refractivity contribution in [2.24, 2.45) is 5.92 Å². The topological polar surface area (TPSA) is 3.24 Å². The first kappa shape index (κ1) is 12.8. The Kier molecular flexibility index (Phi) is 3.98. The second-order valence-corrected chi connectivity index (χ2v) is 5.69. The average molecular weight is 252 g/mol. The molecular weight excluding hydrogens is 230 g/mol. The lowest BCUT2D eigenvalue weighted by atomic mass is 9.92. The van der Waals surface area contributed by atoms with Gasteiger partial charge in [0.05, 0.1) is 0 Å². The van der Waals surface area contributed by atoms with Gasteiger partial charge in [-0.2, -0.15) is 0 Å². The van der Waals surface area contributed by atoms with Gasteiger partial charge in [0.2, 0.25) is 0 Å². The lowest BCUT2D eigenvalue weighted by molar-refractivity contribution is 0.377. The molecule has 1 aromatic rings. The van der Waals surface area contributed by atoms with E-state index >= 15 is 0 Å². The maximum absolute atomic E-state index is 5.87. The predicted molar refractivity (Wildman–Crippen MR) is 75.9 cm³/mol. The van der Waals surface area contributed by atoms with Gasteiger partial charge in [-0.3, -0.25) is 0 Å². The van der Waals surface area contributed by atoms with Crippen LogP contribution in [0.5, 0.6) is 0 Å². The normalized spacial score (nSPS) is 25.1. The third-order valence-corrected chi connectivity index (χ3v) is 4.17. The summed E-state index contributed by atoms with van der Waals surface area (Å²) in [5, 5.41) is 0. The lowest BCUT2D eigenvalue weighted by Gasteiger charge is -2.39. The zero-order valence-corrected chi connectivity index (χ0v) is 11.8. The number of piperidine rings is 1. The van der Waals surface area contributed by atoms with E-state index in [1.165, 1.54) is 36.2 Å². The Labute approximate surface area is 110 Å². The minimum absolute atomic E-state index is 0.605. The second kappa shape index (κ2) is 5.30. The summed E-state index contributed by atoms with van der Waals surface area (Å²) in [5.74, 6) is 1.47. The van der Waals surface area contributed by atoms with Crippen molar-refractivity contribution < 1.29 is 0 Å². The van der Waals surface area contributed by atoms with E-state index in [4.69, 9.17) is 11.6 Å². The fourth-order valence-corrected chi connectivity index (χ4v) is 3.05. The monoisotopic (exact) mass is 251 g/mol. The van der Waals surface area contributed by atoms with Crippen molar-refractivity contribution >= 4 is 17.3 Å². The van der Waals surface area contributed by atoms with E-state index in [0.717, 1.165) is 5.92 Å². The SMILES string of the molecule is Cc1cc(CCl)ccc1N1CCC(C)CC1C. The highest BCUT2D eigenvalue weighted by Crippen LogP contribution is 2.30. The molecule has 1 aliphatic rings. The van der Waals surface area contributed by atoms with Crippen LogP contribution in [0.1, 0.15) is 37.8 Å². The van der Waals surface area contributed by atoms with Crippen LogP contribution in [0.15, 0.2) is 18.2 Å². The molecule has 0 spiro atoms. The number of halogens is 1. The number of anilines is 1. The van der Waals surface area contributed by atoms with Crippen molar-refractivity contribution in [3.63, 3.8) is 0 Å². The van der Waals surface area contributed by atoms with Crippen LogP contribution in [0.25, 0.3) is 0 Å². The van der Waals surface area contributed by atoms with E-state index < -0.39 is 0 Å². The van der Waals surface area contributed by atoms with Crippen molar-refractivity contribution in [2.45, 2.75) is 45.5 Å². The molecule has 0 aliphatic carbocycles. The third-order valence-electron chi connectivity index (χ3n) is 3.86. The fraction of sp³-hybridized carbons (Fsp3) is 0.600. The molecule has 1 nitrogen and oxygen atoms in total. The molecule has 0 aromatic heterocycles. The minimum Gasteiger partial charge on any atom is -0.369 e. The van der Waals surface area contributed by atoms with Gasteiger partial charge in [-0.1, -0.05) is 19.1 Å². The molecule has 0 radical (unpaired) electrons. The Morgan fingerprint density at radius 1 is 1.35 bits per heavy atom. The maximum Gasteiger partial charge on any atom is 0.0474 e. The Hall–Kier alpha value is -0.690. The molecule has 1 aliphatic heterocycles. The highest BCUT2D eigenvalue weighted by Gasteiger charge is 2.23. The van der Waals surface area contributed by atoms with Crippen LogP contribution in [-0.4, -0.2) is 12.6 Å². The van der Waals surface area contributed by atoms with Crippen LogP contribution in [0.4, 0.5) is 5.69 Å². The van der Waals surface area contributed by atoms with Gasteiger partial charge in [0.25, 0.3) is 0 Å². The quantitative estimate of drug-likeness (QED) is 0.706. The van der Waals surface area contributed by atoms with Crippen LogP contribution < -0.4 is 4.90 Å². The van der Waals surface area contributed by atoms with Gasteiger partial charge in [0.15, 0.2) is 0 Å². The van der Waals surface area contributed by atoms with E-state index in [2.05, 4.69) is 43.9 Å². The molecule has 0 bridgehead atoms. The molecular formula is C15H22ClN. The zero-order chi connectivity index (χ0) is 12.4. The van der Waals surface area contributed by atoms with Crippen LogP contribution in [0, 0.1) is 12.8 Å². The first-order chi connectivity index (χ1) is 8.11. The predicted octanol–water partition coefficient (Wildman–Crippen LogP) is 4.36. The number of alkyl halides is 1. The summed E-state index contributed by atoms with van der Waals surface area (Å²) in [6.45, 7) is 8.07. The van der Waals surface area contributed by atoms with Crippen molar-refractivity contribution in [3.05, 3.63) is 29.3 Å². The van der Waals surface area contributed by atoms with Gasteiger partial charge in [-0.15, -0.1) is 11.6 Å². The molecule has 0 amide bonds. The Bertz CT molecular complexity index is 389. The van der Waals surface area contributed by atoms with Crippen LogP contribution in [0.3, 0.4) is 0 Å². The number of benzene rings is 1. The molecule has 2 unspecified atom stereocenters. The van der Waals surface area contributed by atoms with E-state index in [-0.39, 0.29) is 0 Å². The number of hydrogen-bond donors (Lipinski definition) is 0. The second-order valence-electron chi connectivity index (χ2n) is 5.43. The maximum atomic E-state index is 5.87. The van der Waals surface area contributed by atoms with Gasteiger partial charge >= 0.3 is 0 Å². The summed E-state index contributed by atoms with van der Waals surface area (Å²) in [7, 11) is 0. The van der Waals surface area contributed by atoms with Gasteiger partial charge < -0.3 is 4.90 Å². The van der Waals surface area contributed by atoms with Crippen LogP contribution in [-0.2, 0) is 5.88 Å². The third kappa shape index (κ3) is 2.77. The van der Waals surface area contributed by atoms with E-state index in [1.807, 2.05) is 0 Å². The van der Waals surface area contributed by atoms with Crippen LogP contribution >= 0.6 is 11.6 Å². The molecule has 1 aromatic carbocycles. The van der Waals surface area contributed by atoms with E-state index in [0.29, 0.717) is 11.9 Å². The van der Waals surface area contributed by atoms with Crippen molar-refractivity contribution in [2.75, 3.05) is 11.4 Å². The molecule has 1 heterocycles. The summed E-state index contributed by atoms with van der Waals surface area (Å²) in [6, 6.07) is 7.26. The highest BCUT2D eigenvalue weighted by molar-refractivity contribution is 6.17. The average Bonchev–Trinajstić information content (AvgIpc) is 2.30. The van der Waals surface area contributed by atoms with Crippen molar-refractivity contribution in [1.29, 1.82) is 0 Å². The Balaban J connectivity index is 2.22. The summed E-state index contributed by atoms with van der Waals surface area (Å²) in [5.41, 5.74) is 3.95. The molecule has 2 heteroatoms. The standard InChI is InChI=1S/C15H22ClN/c1-11-6-7-17(13(3)8-11)15-5-4-14(10-16)9-12(15)2/h4-5,9,11,13H,6-8,10H2,1-3H3. The van der Waals surface area contributed by atoms with E-state index in [1.54, 1.807) is 0 Å². The number of nitrogens with zero attached hydrogens (tertiary/aromatic N) is 1. The Morgan fingerprint density at radius 3 is 2.71 bits per heavy atom. The lowest BCUT2D eigenvalue weighted by Crippen LogP contribution is -2.40. The number of aryl methyl sites for hydroxylation is 1.